The standard InChI is InChI=1S/C17H24N2O/c1-4-14-6-8-15(9-7-14)19(3)13-17-11-10-16(20-17)12-18-5-2/h6-11,18H,4-5,12-13H2,1-3H3. The Balaban J connectivity index is 1.95. The summed E-state index contributed by atoms with van der Waals surface area (Å²) in [5.41, 5.74) is 2.58. The van der Waals surface area contributed by atoms with Gasteiger partial charge in [-0.05, 0) is 42.8 Å². The van der Waals surface area contributed by atoms with Crippen molar-refractivity contribution in [3.8, 4) is 0 Å². The van der Waals surface area contributed by atoms with E-state index in [1.807, 2.05) is 6.07 Å². The minimum absolute atomic E-state index is 0.789. The summed E-state index contributed by atoms with van der Waals surface area (Å²) in [6.07, 6.45) is 1.08. The zero-order chi connectivity index (χ0) is 14.4. The molecular formula is C17H24N2O. The lowest BCUT2D eigenvalue weighted by Crippen LogP contribution is -2.15. The summed E-state index contributed by atoms with van der Waals surface area (Å²) in [6.45, 7) is 6.81. The van der Waals surface area contributed by atoms with E-state index in [4.69, 9.17) is 4.42 Å². The molecule has 0 radical (unpaired) electrons. The average molecular weight is 272 g/mol. The van der Waals surface area contributed by atoms with Gasteiger partial charge in [-0.2, -0.15) is 0 Å². The first-order valence-corrected chi connectivity index (χ1v) is 7.31. The molecule has 0 saturated carbocycles. The van der Waals surface area contributed by atoms with Crippen molar-refractivity contribution >= 4 is 5.69 Å². The van der Waals surface area contributed by atoms with Gasteiger partial charge in [0.2, 0.25) is 0 Å². The summed E-state index contributed by atoms with van der Waals surface area (Å²) in [5, 5.41) is 3.27. The first kappa shape index (κ1) is 14.7. The maximum atomic E-state index is 5.82. The van der Waals surface area contributed by atoms with Crippen molar-refractivity contribution in [2.45, 2.75) is 33.4 Å². The molecule has 1 heterocycles. The second-order valence-corrected chi connectivity index (χ2v) is 5.02. The van der Waals surface area contributed by atoms with Gasteiger partial charge >= 0.3 is 0 Å². The molecule has 0 fully saturated rings. The van der Waals surface area contributed by atoms with E-state index in [-0.39, 0.29) is 0 Å². The van der Waals surface area contributed by atoms with Crippen molar-refractivity contribution in [2.24, 2.45) is 0 Å². The molecule has 2 aromatic rings. The van der Waals surface area contributed by atoms with Crippen LogP contribution in [-0.2, 0) is 19.5 Å². The first-order chi connectivity index (χ1) is 9.72. The third kappa shape index (κ3) is 3.87. The Morgan fingerprint density at radius 2 is 1.70 bits per heavy atom. The maximum Gasteiger partial charge on any atom is 0.123 e. The Kier molecular flexibility index (Phi) is 5.24. The molecule has 0 saturated heterocycles. The molecular weight excluding hydrogens is 248 g/mol. The van der Waals surface area contributed by atoms with Gasteiger partial charge in [-0.1, -0.05) is 26.0 Å². The summed E-state index contributed by atoms with van der Waals surface area (Å²) in [6, 6.07) is 12.8. The fourth-order valence-corrected chi connectivity index (χ4v) is 2.16. The molecule has 0 aliphatic heterocycles. The van der Waals surface area contributed by atoms with Crippen LogP contribution in [0.4, 0.5) is 5.69 Å². The van der Waals surface area contributed by atoms with Crippen LogP contribution in [-0.4, -0.2) is 13.6 Å². The molecule has 0 spiro atoms. The van der Waals surface area contributed by atoms with Gasteiger partial charge in [-0.3, -0.25) is 0 Å². The summed E-state index contributed by atoms with van der Waals surface area (Å²) in [4.78, 5) is 2.20. The molecule has 0 unspecified atom stereocenters. The number of rotatable bonds is 7. The minimum Gasteiger partial charge on any atom is -0.463 e. The molecule has 0 amide bonds. The van der Waals surface area contributed by atoms with Crippen molar-refractivity contribution in [1.29, 1.82) is 0 Å². The van der Waals surface area contributed by atoms with E-state index in [2.05, 4.69) is 61.4 Å². The van der Waals surface area contributed by atoms with Gasteiger partial charge in [-0.15, -0.1) is 0 Å². The maximum absolute atomic E-state index is 5.82. The Morgan fingerprint density at radius 3 is 2.35 bits per heavy atom. The molecule has 0 aliphatic carbocycles. The van der Waals surface area contributed by atoms with Gasteiger partial charge in [0.25, 0.3) is 0 Å². The molecule has 3 heteroatoms. The third-order valence-electron chi connectivity index (χ3n) is 3.44. The van der Waals surface area contributed by atoms with Crippen molar-refractivity contribution in [2.75, 3.05) is 18.5 Å². The molecule has 0 aliphatic rings. The Hall–Kier alpha value is -1.74. The number of nitrogens with zero attached hydrogens (tertiary/aromatic N) is 1. The number of furan rings is 1. The highest BCUT2D eigenvalue weighted by Gasteiger charge is 2.06. The monoisotopic (exact) mass is 272 g/mol. The minimum atomic E-state index is 0.789. The van der Waals surface area contributed by atoms with Crippen LogP contribution in [0.1, 0.15) is 30.9 Å². The van der Waals surface area contributed by atoms with E-state index in [1.54, 1.807) is 0 Å². The van der Waals surface area contributed by atoms with Crippen LogP contribution in [0.15, 0.2) is 40.8 Å². The number of anilines is 1. The second-order valence-electron chi connectivity index (χ2n) is 5.02. The molecule has 2 rings (SSSR count). The lowest BCUT2D eigenvalue weighted by atomic mass is 10.1. The van der Waals surface area contributed by atoms with Crippen LogP contribution < -0.4 is 10.2 Å². The fourth-order valence-electron chi connectivity index (χ4n) is 2.16. The van der Waals surface area contributed by atoms with Crippen LogP contribution in [0.5, 0.6) is 0 Å². The first-order valence-electron chi connectivity index (χ1n) is 7.31. The normalized spacial score (nSPS) is 10.8. The Bertz CT molecular complexity index is 516. The second kappa shape index (κ2) is 7.15. The molecule has 3 nitrogen and oxygen atoms in total. The molecule has 1 N–H and O–H groups in total. The SMILES string of the molecule is CCNCc1ccc(CN(C)c2ccc(CC)cc2)o1. The van der Waals surface area contributed by atoms with Gasteiger partial charge in [0.05, 0.1) is 13.1 Å². The van der Waals surface area contributed by atoms with E-state index >= 15 is 0 Å². The van der Waals surface area contributed by atoms with E-state index in [0.29, 0.717) is 0 Å². The molecule has 0 bridgehead atoms. The van der Waals surface area contributed by atoms with Crippen LogP contribution >= 0.6 is 0 Å². The van der Waals surface area contributed by atoms with Crippen LogP contribution in [0, 0.1) is 0 Å². The number of hydrogen-bond donors (Lipinski definition) is 1. The summed E-state index contributed by atoms with van der Waals surface area (Å²) >= 11 is 0. The molecule has 0 atom stereocenters. The average Bonchev–Trinajstić information content (AvgIpc) is 2.92. The van der Waals surface area contributed by atoms with E-state index in [9.17, 15) is 0 Å². The lowest BCUT2D eigenvalue weighted by Gasteiger charge is -2.18. The zero-order valence-corrected chi connectivity index (χ0v) is 12.6. The summed E-state index contributed by atoms with van der Waals surface area (Å²) < 4.78 is 5.82. The topological polar surface area (TPSA) is 28.4 Å². The van der Waals surface area contributed by atoms with Crippen molar-refractivity contribution in [3.63, 3.8) is 0 Å². The molecule has 20 heavy (non-hydrogen) atoms. The third-order valence-corrected chi connectivity index (χ3v) is 3.44. The van der Waals surface area contributed by atoms with Crippen LogP contribution in [0.2, 0.25) is 0 Å². The largest absolute Gasteiger partial charge is 0.463 e. The highest BCUT2D eigenvalue weighted by atomic mass is 16.3. The fraction of sp³-hybridized carbons (Fsp3) is 0.412. The number of aryl methyl sites for hydroxylation is 1. The van der Waals surface area contributed by atoms with E-state index in [1.165, 1.54) is 11.3 Å². The van der Waals surface area contributed by atoms with Crippen molar-refractivity contribution in [1.82, 2.24) is 5.32 Å². The van der Waals surface area contributed by atoms with Gasteiger partial charge in [-0.25, -0.2) is 0 Å². The predicted molar refractivity (Wildman–Crippen MR) is 84.0 cm³/mol. The highest BCUT2D eigenvalue weighted by Crippen LogP contribution is 2.18. The van der Waals surface area contributed by atoms with E-state index < -0.39 is 0 Å². The van der Waals surface area contributed by atoms with Crippen LogP contribution in [0.25, 0.3) is 0 Å². The van der Waals surface area contributed by atoms with Crippen LogP contribution in [0.3, 0.4) is 0 Å². The highest BCUT2D eigenvalue weighted by molar-refractivity contribution is 5.47. The molecule has 1 aromatic heterocycles. The predicted octanol–water partition coefficient (Wildman–Crippen LogP) is 3.59. The van der Waals surface area contributed by atoms with Gasteiger partial charge in [0.15, 0.2) is 0 Å². The zero-order valence-electron chi connectivity index (χ0n) is 12.6. The summed E-state index contributed by atoms with van der Waals surface area (Å²) in [5.74, 6) is 2.00. The van der Waals surface area contributed by atoms with Gasteiger partial charge < -0.3 is 14.6 Å². The summed E-state index contributed by atoms with van der Waals surface area (Å²) in [7, 11) is 2.09. The van der Waals surface area contributed by atoms with E-state index in [0.717, 1.165) is 37.6 Å². The lowest BCUT2D eigenvalue weighted by molar-refractivity contribution is 0.448. The smallest absolute Gasteiger partial charge is 0.123 e. The number of benzene rings is 1. The molecule has 1 aromatic carbocycles. The van der Waals surface area contributed by atoms with Crippen molar-refractivity contribution in [3.05, 3.63) is 53.5 Å². The number of hydrogen-bond acceptors (Lipinski definition) is 3. The van der Waals surface area contributed by atoms with Gasteiger partial charge in [0.1, 0.15) is 11.5 Å². The molecule has 108 valence electrons. The van der Waals surface area contributed by atoms with Gasteiger partial charge in [0, 0.05) is 12.7 Å². The Labute approximate surface area is 121 Å². The Morgan fingerprint density at radius 1 is 1.00 bits per heavy atom. The van der Waals surface area contributed by atoms with Crippen molar-refractivity contribution < 1.29 is 4.42 Å². The quantitative estimate of drug-likeness (QED) is 0.835. The number of nitrogens with one attached hydrogen (secondary N) is 1.